The molecule has 1 aliphatic carbocycles. The zero-order chi connectivity index (χ0) is 11.0. The van der Waals surface area contributed by atoms with E-state index in [1.54, 1.807) is 0 Å². The molecule has 6 heteroatoms. The predicted octanol–water partition coefficient (Wildman–Crippen LogP) is 0.162. The number of carbonyl (C=O) groups is 1. The zero-order valence-corrected chi connectivity index (χ0v) is 8.37. The number of rotatable bonds is 4. The first kappa shape index (κ1) is 10.1. The molecule has 0 amide bonds. The van der Waals surface area contributed by atoms with Crippen molar-refractivity contribution >= 4 is 5.97 Å². The van der Waals surface area contributed by atoms with Gasteiger partial charge in [-0.05, 0) is 19.8 Å². The molecular weight excluding hydrogens is 198 g/mol. The van der Waals surface area contributed by atoms with Crippen molar-refractivity contribution in [1.29, 1.82) is 0 Å². The molecule has 82 valence electrons. The highest BCUT2D eigenvalue weighted by atomic mass is 16.4. The number of aliphatic hydroxyl groups excluding tert-OH is 1. The Morgan fingerprint density at radius 1 is 1.67 bits per heavy atom. The van der Waals surface area contributed by atoms with Crippen LogP contribution < -0.4 is 0 Å². The minimum Gasteiger partial charge on any atom is -0.480 e. The number of carboxylic acids is 1. The average Bonchev–Trinajstić information content (AvgIpc) is 2.87. The summed E-state index contributed by atoms with van der Waals surface area (Å²) in [7, 11) is 0. The second kappa shape index (κ2) is 3.62. The third-order valence-electron chi connectivity index (χ3n) is 2.55. The molecule has 0 aliphatic heterocycles. The lowest BCUT2D eigenvalue weighted by atomic mass is 10.2. The van der Waals surface area contributed by atoms with Gasteiger partial charge in [0.05, 0.1) is 6.10 Å². The first-order valence-corrected chi connectivity index (χ1v) is 4.91. The lowest BCUT2D eigenvalue weighted by Crippen LogP contribution is -2.29. The second-order valence-corrected chi connectivity index (χ2v) is 3.89. The van der Waals surface area contributed by atoms with Crippen LogP contribution in [0.4, 0.5) is 0 Å². The highest BCUT2D eigenvalue weighted by Crippen LogP contribution is 2.39. The van der Waals surface area contributed by atoms with E-state index in [4.69, 9.17) is 5.11 Å². The molecule has 0 bridgehead atoms. The van der Waals surface area contributed by atoms with Crippen LogP contribution in [0.2, 0.25) is 0 Å². The van der Waals surface area contributed by atoms with Crippen molar-refractivity contribution < 1.29 is 15.0 Å². The van der Waals surface area contributed by atoms with Crippen molar-refractivity contribution in [2.45, 2.75) is 37.8 Å². The van der Waals surface area contributed by atoms with Gasteiger partial charge in [0.25, 0.3) is 0 Å². The molecule has 15 heavy (non-hydrogen) atoms. The largest absolute Gasteiger partial charge is 0.480 e. The summed E-state index contributed by atoms with van der Waals surface area (Å²) in [6.07, 6.45) is 2.45. The first-order chi connectivity index (χ1) is 7.11. The third kappa shape index (κ3) is 1.85. The number of aromatic nitrogens is 3. The van der Waals surface area contributed by atoms with Crippen molar-refractivity contribution in [3.8, 4) is 0 Å². The van der Waals surface area contributed by atoms with Crippen molar-refractivity contribution in [2.75, 3.05) is 0 Å². The predicted molar refractivity (Wildman–Crippen MR) is 50.4 cm³/mol. The van der Waals surface area contributed by atoms with Gasteiger partial charge in [-0.3, -0.25) is 0 Å². The van der Waals surface area contributed by atoms with E-state index in [0.29, 0.717) is 11.7 Å². The fourth-order valence-electron chi connectivity index (χ4n) is 1.66. The minimum absolute atomic E-state index is 0.313. The van der Waals surface area contributed by atoms with Crippen LogP contribution in [0.1, 0.15) is 37.5 Å². The van der Waals surface area contributed by atoms with Crippen molar-refractivity contribution in [1.82, 2.24) is 14.8 Å². The van der Waals surface area contributed by atoms with Crippen molar-refractivity contribution in [3.63, 3.8) is 0 Å². The SMILES string of the molecule is CC(O)C(C(=O)O)n1cnnc1C1CC1. The molecule has 1 aromatic heterocycles. The Bertz CT molecular complexity index is 370. The Hall–Kier alpha value is -1.43. The van der Waals surface area contributed by atoms with Gasteiger partial charge in [-0.25, -0.2) is 4.79 Å². The highest BCUT2D eigenvalue weighted by molar-refractivity contribution is 5.72. The third-order valence-corrected chi connectivity index (χ3v) is 2.55. The number of hydrogen-bond donors (Lipinski definition) is 2. The van der Waals surface area contributed by atoms with Gasteiger partial charge in [0, 0.05) is 5.92 Å². The van der Waals surface area contributed by atoms with Crippen LogP contribution in [-0.2, 0) is 4.79 Å². The molecule has 1 heterocycles. The summed E-state index contributed by atoms with van der Waals surface area (Å²) < 4.78 is 1.46. The summed E-state index contributed by atoms with van der Waals surface area (Å²) in [5.41, 5.74) is 0. The lowest BCUT2D eigenvalue weighted by Gasteiger charge is -2.18. The van der Waals surface area contributed by atoms with Crippen LogP contribution in [0.5, 0.6) is 0 Å². The maximum absolute atomic E-state index is 11.0. The maximum Gasteiger partial charge on any atom is 0.329 e. The summed E-state index contributed by atoms with van der Waals surface area (Å²) in [6, 6.07) is -0.990. The van der Waals surface area contributed by atoms with Gasteiger partial charge in [0.15, 0.2) is 6.04 Å². The van der Waals surface area contributed by atoms with E-state index >= 15 is 0 Å². The molecule has 0 radical (unpaired) electrons. The maximum atomic E-state index is 11.0. The molecule has 0 spiro atoms. The monoisotopic (exact) mass is 211 g/mol. The van der Waals surface area contributed by atoms with E-state index in [-0.39, 0.29) is 0 Å². The summed E-state index contributed by atoms with van der Waals surface area (Å²) in [4.78, 5) is 11.0. The van der Waals surface area contributed by atoms with E-state index in [2.05, 4.69) is 10.2 Å². The molecule has 2 unspecified atom stereocenters. The number of aliphatic carboxylic acids is 1. The molecule has 1 fully saturated rings. The van der Waals surface area contributed by atoms with Crippen LogP contribution in [0.15, 0.2) is 6.33 Å². The number of hydrogen-bond acceptors (Lipinski definition) is 4. The molecule has 1 aromatic rings. The molecule has 1 aliphatic rings. The summed E-state index contributed by atoms with van der Waals surface area (Å²) in [6.45, 7) is 1.45. The Morgan fingerprint density at radius 2 is 2.33 bits per heavy atom. The van der Waals surface area contributed by atoms with Gasteiger partial charge in [0.1, 0.15) is 12.2 Å². The van der Waals surface area contributed by atoms with Gasteiger partial charge in [-0.1, -0.05) is 0 Å². The van der Waals surface area contributed by atoms with Crippen LogP contribution in [0.3, 0.4) is 0 Å². The molecule has 2 atom stereocenters. The van der Waals surface area contributed by atoms with Gasteiger partial charge in [-0.2, -0.15) is 0 Å². The van der Waals surface area contributed by atoms with Crippen LogP contribution >= 0.6 is 0 Å². The van der Waals surface area contributed by atoms with E-state index in [1.807, 2.05) is 0 Å². The molecule has 0 saturated heterocycles. The average molecular weight is 211 g/mol. The summed E-state index contributed by atoms with van der Waals surface area (Å²) in [5.74, 6) is -0.0805. The molecule has 0 aromatic carbocycles. The molecule has 2 N–H and O–H groups in total. The van der Waals surface area contributed by atoms with Gasteiger partial charge >= 0.3 is 5.97 Å². The van der Waals surface area contributed by atoms with E-state index in [9.17, 15) is 9.90 Å². The highest BCUT2D eigenvalue weighted by Gasteiger charge is 2.34. The second-order valence-electron chi connectivity index (χ2n) is 3.89. The van der Waals surface area contributed by atoms with Crippen LogP contribution in [0.25, 0.3) is 0 Å². The standard InChI is InChI=1S/C9H13N3O3/c1-5(13)7(9(14)15)12-4-10-11-8(12)6-2-3-6/h4-7,13H,2-3H2,1H3,(H,14,15). The number of carboxylic acid groups (broad SMARTS) is 1. The number of nitrogens with zero attached hydrogens (tertiary/aromatic N) is 3. The van der Waals surface area contributed by atoms with Gasteiger partial charge < -0.3 is 14.8 Å². The zero-order valence-electron chi connectivity index (χ0n) is 8.37. The fourth-order valence-corrected chi connectivity index (χ4v) is 1.66. The van der Waals surface area contributed by atoms with E-state index in [1.165, 1.54) is 17.8 Å². The lowest BCUT2D eigenvalue weighted by molar-refractivity contribution is -0.144. The molecular formula is C9H13N3O3. The first-order valence-electron chi connectivity index (χ1n) is 4.91. The Labute approximate surface area is 86.6 Å². The molecule has 1 saturated carbocycles. The smallest absolute Gasteiger partial charge is 0.329 e. The Morgan fingerprint density at radius 3 is 2.80 bits per heavy atom. The normalized spacial score (nSPS) is 19.9. The van der Waals surface area contributed by atoms with Crippen molar-refractivity contribution in [3.05, 3.63) is 12.2 Å². The minimum atomic E-state index is -1.06. The Kier molecular flexibility index (Phi) is 2.44. The quantitative estimate of drug-likeness (QED) is 0.740. The fraction of sp³-hybridized carbons (Fsp3) is 0.667. The van der Waals surface area contributed by atoms with E-state index < -0.39 is 18.1 Å². The van der Waals surface area contributed by atoms with Crippen LogP contribution in [0, 0.1) is 0 Å². The topological polar surface area (TPSA) is 88.2 Å². The Balaban J connectivity index is 2.32. The molecule has 6 nitrogen and oxygen atoms in total. The summed E-state index contributed by atoms with van der Waals surface area (Å²) >= 11 is 0. The van der Waals surface area contributed by atoms with Gasteiger partial charge in [-0.15, -0.1) is 10.2 Å². The van der Waals surface area contributed by atoms with Gasteiger partial charge in [0.2, 0.25) is 0 Å². The van der Waals surface area contributed by atoms with Crippen molar-refractivity contribution in [2.24, 2.45) is 0 Å². The number of aliphatic hydroxyl groups is 1. The van der Waals surface area contributed by atoms with Crippen LogP contribution in [-0.4, -0.2) is 37.1 Å². The molecule has 2 rings (SSSR count). The summed E-state index contributed by atoms with van der Waals surface area (Å²) in [5, 5.41) is 26.0. The van der Waals surface area contributed by atoms with E-state index in [0.717, 1.165) is 12.8 Å².